The maximum absolute atomic E-state index is 12.6. The van der Waals surface area contributed by atoms with Crippen molar-refractivity contribution >= 4 is 11.6 Å². The van der Waals surface area contributed by atoms with E-state index in [0.717, 1.165) is 18.6 Å². The first kappa shape index (κ1) is 17.5. The highest BCUT2D eigenvalue weighted by molar-refractivity contribution is 5.99. The van der Waals surface area contributed by atoms with E-state index in [2.05, 4.69) is 22.5 Å². The van der Waals surface area contributed by atoms with Gasteiger partial charge in [-0.2, -0.15) is 5.10 Å². The molecule has 1 N–H and O–H groups in total. The van der Waals surface area contributed by atoms with Crippen molar-refractivity contribution in [1.29, 1.82) is 0 Å². The van der Waals surface area contributed by atoms with Crippen LogP contribution in [0.2, 0.25) is 0 Å². The van der Waals surface area contributed by atoms with E-state index in [1.807, 2.05) is 0 Å². The second-order valence-corrected chi connectivity index (χ2v) is 6.46. The summed E-state index contributed by atoms with van der Waals surface area (Å²) in [6.45, 7) is 0. The van der Waals surface area contributed by atoms with E-state index in [9.17, 15) is 4.79 Å². The quantitative estimate of drug-likeness (QED) is 0.826. The van der Waals surface area contributed by atoms with Gasteiger partial charge in [-0.15, -0.1) is 0 Å². The second kappa shape index (κ2) is 7.31. The van der Waals surface area contributed by atoms with Gasteiger partial charge in [-0.05, 0) is 32.0 Å². The summed E-state index contributed by atoms with van der Waals surface area (Å²) in [7, 11) is 6.72. The number of nitrogens with zero attached hydrogens (tertiary/aromatic N) is 2. The van der Waals surface area contributed by atoms with Gasteiger partial charge in [-0.1, -0.05) is 0 Å². The summed E-state index contributed by atoms with van der Waals surface area (Å²) >= 11 is 0. The fourth-order valence-corrected chi connectivity index (χ4v) is 3.77. The normalized spacial score (nSPS) is 22.5. The van der Waals surface area contributed by atoms with Gasteiger partial charge in [0.2, 0.25) is 5.75 Å². The van der Waals surface area contributed by atoms with Gasteiger partial charge in [0.15, 0.2) is 11.5 Å². The maximum atomic E-state index is 12.6. The van der Waals surface area contributed by atoms with Gasteiger partial charge >= 0.3 is 0 Å². The van der Waals surface area contributed by atoms with Crippen molar-refractivity contribution in [3.05, 3.63) is 17.7 Å². The fraction of sp³-hybridized carbons (Fsp3) is 0.556. The summed E-state index contributed by atoms with van der Waals surface area (Å²) < 4.78 is 15.9. The van der Waals surface area contributed by atoms with Crippen LogP contribution in [0.4, 0.5) is 0 Å². The van der Waals surface area contributed by atoms with Crippen LogP contribution in [0.5, 0.6) is 17.2 Å². The van der Waals surface area contributed by atoms with Crippen molar-refractivity contribution in [3.8, 4) is 17.2 Å². The molecule has 1 aromatic rings. The highest BCUT2D eigenvalue weighted by Gasteiger charge is 2.36. The highest BCUT2D eigenvalue weighted by atomic mass is 16.5. The Bertz CT molecular complexity index is 673. The Balaban J connectivity index is 1.77. The third kappa shape index (κ3) is 3.28. The van der Waals surface area contributed by atoms with Crippen LogP contribution in [-0.2, 0) is 0 Å². The molecule has 25 heavy (non-hydrogen) atoms. The lowest BCUT2D eigenvalue weighted by Gasteiger charge is -2.31. The Morgan fingerprint density at radius 3 is 2.28 bits per heavy atom. The number of methoxy groups -OCH3 is 3. The van der Waals surface area contributed by atoms with Crippen LogP contribution < -0.4 is 19.6 Å². The first-order chi connectivity index (χ1) is 12.1. The van der Waals surface area contributed by atoms with E-state index in [1.165, 1.54) is 34.2 Å². The number of carbonyl (C=O) groups is 1. The van der Waals surface area contributed by atoms with E-state index in [0.29, 0.717) is 34.9 Å². The van der Waals surface area contributed by atoms with Crippen molar-refractivity contribution in [2.45, 2.75) is 37.8 Å². The van der Waals surface area contributed by atoms with Gasteiger partial charge in [0.1, 0.15) is 0 Å². The van der Waals surface area contributed by atoms with Crippen molar-refractivity contribution in [2.75, 3.05) is 28.4 Å². The van der Waals surface area contributed by atoms with Crippen LogP contribution in [0.15, 0.2) is 17.2 Å². The summed E-state index contributed by atoms with van der Waals surface area (Å²) in [5.41, 5.74) is 4.09. The third-order valence-corrected chi connectivity index (χ3v) is 5.19. The van der Waals surface area contributed by atoms with Crippen LogP contribution in [0, 0.1) is 0 Å². The molecule has 7 nitrogen and oxygen atoms in total. The number of amides is 1. The van der Waals surface area contributed by atoms with E-state index in [4.69, 9.17) is 14.2 Å². The Morgan fingerprint density at radius 2 is 1.72 bits per heavy atom. The SMILES string of the molecule is COc1ccc(C(=O)NN=C2CC3CCC(C2)N3C)c(OC)c1OC. The summed E-state index contributed by atoms with van der Waals surface area (Å²) in [6.07, 6.45) is 4.24. The molecule has 136 valence electrons. The minimum absolute atomic E-state index is 0.323. The smallest absolute Gasteiger partial charge is 0.275 e. The van der Waals surface area contributed by atoms with Crippen LogP contribution in [-0.4, -0.2) is 57.0 Å². The molecule has 1 amide bonds. The number of nitrogens with one attached hydrogen (secondary N) is 1. The molecule has 0 aliphatic carbocycles. The molecule has 2 saturated heterocycles. The molecule has 0 spiro atoms. The van der Waals surface area contributed by atoms with Gasteiger partial charge in [-0.25, -0.2) is 5.43 Å². The van der Waals surface area contributed by atoms with E-state index in [1.54, 1.807) is 12.1 Å². The molecule has 1 aromatic carbocycles. The zero-order valence-corrected chi connectivity index (χ0v) is 15.2. The first-order valence-electron chi connectivity index (χ1n) is 8.45. The predicted molar refractivity (Wildman–Crippen MR) is 94.8 cm³/mol. The van der Waals surface area contributed by atoms with Crippen molar-refractivity contribution < 1.29 is 19.0 Å². The average Bonchev–Trinajstić information content (AvgIpc) is 2.85. The van der Waals surface area contributed by atoms with Crippen LogP contribution >= 0.6 is 0 Å². The van der Waals surface area contributed by atoms with Crippen LogP contribution in [0.1, 0.15) is 36.0 Å². The lowest BCUT2D eigenvalue weighted by molar-refractivity contribution is 0.0950. The molecule has 2 aliphatic heterocycles. The molecule has 0 saturated carbocycles. The molecule has 2 bridgehead atoms. The van der Waals surface area contributed by atoms with Gasteiger partial charge < -0.3 is 14.2 Å². The number of hydrogen-bond acceptors (Lipinski definition) is 6. The fourth-order valence-electron chi connectivity index (χ4n) is 3.77. The number of carbonyl (C=O) groups excluding carboxylic acids is 1. The molecule has 0 radical (unpaired) electrons. The predicted octanol–water partition coefficient (Wildman–Crippen LogP) is 2.05. The van der Waals surface area contributed by atoms with E-state index in [-0.39, 0.29) is 5.91 Å². The van der Waals surface area contributed by atoms with E-state index < -0.39 is 0 Å². The molecular weight excluding hydrogens is 322 g/mol. The number of rotatable bonds is 5. The lowest BCUT2D eigenvalue weighted by Crippen LogP contribution is -2.40. The molecule has 2 atom stereocenters. The minimum Gasteiger partial charge on any atom is -0.493 e. The van der Waals surface area contributed by atoms with Crippen molar-refractivity contribution in [3.63, 3.8) is 0 Å². The van der Waals surface area contributed by atoms with Gasteiger partial charge in [-0.3, -0.25) is 9.69 Å². The van der Waals surface area contributed by atoms with E-state index >= 15 is 0 Å². The molecule has 2 unspecified atom stereocenters. The second-order valence-electron chi connectivity index (χ2n) is 6.46. The number of benzene rings is 1. The highest BCUT2D eigenvalue weighted by Crippen LogP contribution is 2.39. The number of hydrogen-bond donors (Lipinski definition) is 1. The van der Waals surface area contributed by atoms with Gasteiger partial charge in [0, 0.05) is 30.6 Å². The van der Waals surface area contributed by atoms with Gasteiger partial charge in [0.25, 0.3) is 5.91 Å². The molecule has 2 heterocycles. The van der Waals surface area contributed by atoms with Crippen LogP contribution in [0.3, 0.4) is 0 Å². The standard InChI is InChI=1S/C18H25N3O4/c1-21-12-5-6-13(21)10-11(9-12)19-20-18(22)14-7-8-15(23-2)17(25-4)16(14)24-3/h7-8,12-13H,5-6,9-10H2,1-4H3,(H,20,22). The lowest BCUT2D eigenvalue weighted by atomic mass is 10.0. The van der Waals surface area contributed by atoms with Crippen molar-refractivity contribution in [2.24, 2.45) is 5.10 Å². The molecule has 3 rings (SSSR count). The molecule has 2 fully saturated rings. The number of ether oxygens (including phenoxy) is 3. The first-order valence-corrected chi connectivity index (χ1v) is 8.45. The molecule has 7 heteroatoms. The number of fused-ring (bicyclic) bond motifs is 2. The number of hydrazone groups is 1. The summed E-state index contributed by atoms with van der Waals surface area (Å²) in [5, 5.41) is 4.37. The van der Waals surface area contributed by atoms with Crippen LogP contribution in [0.25, 0.3) is 0 Å². The topological polar surface area (TPSA) is 72.4 Å². The molecule has 0 aromatic heterocycles. The Morgan fingerprint density at radius 1 is 1.08 bits per heavy atom. The Kier molecular flexibility index (Phi) is 5.13. The average molecular weight is 347 g/mol. The Hall–Kier alpha value is -2.28. The summed E-state index contributed by atoms with van der Waals surface area (Å²) in [4.78, 5) is 15.0. The third-order valence-electron chi connectivity index (χ3n) is 5.19. The van der Waals surface area contributed by atoms with Gasteiger partial charge in [0.05, 0.1) is 26.9 Å². The van der Waals surface area contributed by atoms with Crippen molar-refractivity contribution in [1.82, 2.24) is 10.3 Å². The minimum atomic E-state index is -0.323. The number of piperidine rings is 1. The Labute approximate surface area is 147 Å². The summed E-state index contributed by atoms with van der Waals surface area (Å²) in [5.74, 6) is 0.913. The monoisotopic (exact) mass is 347 g/mol. The zero-order chi connectivity index (χ0) is 18.0. The zero-order valence-electron chi connectivity index (χ0n) is 15.2. The largest absolute Gasteiger partial charge is 0.493 e. The maximum Gasteiger partial charge on any atom is 0.275 e. The molecular formula is C18H25N3O4. The molecule has 2 aliphatic rings. The summed E-state index contributed by atoms with van der Waals surface area (Å²) in [6, 6.07) is 4.42.